The van der Waals surface area contributed by atoms with Crippen LogP contribution in [0.5, 0.6) is 0 Å². The van der Waals surface area contributed by atoms with Crippen molar-refractivity contribution in [3.05, 3.63) is 24.3 Å². The smallest absolute Gasteiger partial charge is 0.212 e. The maximum absolute atomic E-state index is 12.1. The zero-order valence-electron chi connectivity index (χ0n) is 4.56. The Kier molecular flexibility index (Phi) is 1.28. The van der Waals surface area contributed by atoms with E-state index in [1.807, 2.05) is 7.85 Å². The molecule has 0 fully saturated rings. The van der Waals surface area contributed by atoms with Crippen LogP contribution in [0, 0.1) is 5.95 Å². The Morgan fingerprint density at radius 1 is 1.62 bits per heavy atom. The van der Waals surface area contributed by atoms with Crippen molar-refractivity contribution in [2.24, 2.45) is 0 Å². The lowest BCUT2D eigenvalue weighted by atomic mass is 9.98. The molecule has 0 amide bonds. The summed E-state index contributed by atoms with van der Waals surface area (Å²) in [5.41, 5.74) is 0.900. The van der Waals surface area contributed by atoms with E-state index in [4.69, 9.17) is 0 Å². The van der Waals surface area contributed by atoms with Crippen molar-refractivity contribution in [2.75, 3.05) is 0 Å². The van der Waals surface area contributed by atoms with Gasteiger partial charge in [-0.1, -0.05) is 5.46 Å². The van der Waals surface area contributed by atoms with Crippen LogP contribution in [-0.4, -0.2) is 12.8 Å². The van der Waals surface area contributed by atoms with Crippen molar-refractivity contribution < 1.29 is 4.39 Å². The van der Waals surface area contributed by atoms with E-state index in [9.17, 15) is 4.39 Å². The van der Waals surface area contributed by atoms with Crippen LogP contribution in [0.15, 0.2) is 18.3 Å². The molecule has 0 aliphatic carbocycles. The molecule has 1 heterocycles. The Balaban J connectivity index is 3.08. The van der Waals surface area contributed by atoms with E-state index in [0.717, 1.165) is 5.46 Å². The molecule has 0 bridgehead atoms. The van der Waals surface area contributed by atoms with Crippen molar-refractivity contribution in [1.82, 2.24) is 4.98 Å². The maximum Gasteiger partial charge on any atom is 0.212 e. The Labute approximate surface area is 48.0 Å². The van der Waals surface area contributed by atoms with E-state index in [0.29, 0.717) is 0 Å². The third kappa shape index (κ3) is 1.06. The van der Waals surface area contributed by atoms with Crippen LogP contribution in [0.3, 0.4) is 0 Å². The first kappa shape index (κ1) is 5.28. The van der Waals surface area contributed by atoms with Crippen LogP contribution in [-0.2, 0) is 0 Å². The molecule has 0 unspecified atom stereocenters. The summed E-state index contributed by atoms with van der Waals surface area (Å²) in [5.74, 6) is -0.412. The zero-order valence-corrected chi connectivity index (χ0v) is 4.56. The van der Waals surface area contributed by atoms with Gasteiger partial charge in [-0.25, -0.2) is 4.98 Å². The molecule has 1 nitrogen and oxygen atoms in total. The van der Waals surface area contributed by atoms with Crippen molar-refractivity contribution >= 4 is 13.3 Å². The Morgan fingerprint density at radius 2 is 2.38 bits per heavy atom. The average molecular weight is 109 g/mol. The second-order valence-electron chi connectivity index (χ2n) is 1.66. The highest BCUT2D eigenvalue weighted by Gasteiger charge is 1.86. The molecule has 0 aromatic carbocycles. The van der Waals surface area contributed by atoms with Crippen molar-refractivity contribution in [3.63, 3.8) is 0 Å². The molecule has 0 spiro atoms. The van der Waals surface area contributed by atoms with Gasteiger partial charge in [0.05, 0.1) is 0 Å². The second-order valence-corrected chi connectivity index (χ2v) is 1.66. The molecule has 3 heteroatoms. The number of nitrogens with zero attached hydrogens (tertiary/aromatic N) is 1. The summed E-state index contributed by atoms with van der Waals surface area (Å²) >= 11 is 0. The third-order valence-corrected chi connectivity index (χ3v) is 0.882. The molecule has 1 rings (SSSR count). The van der Waals surface area contributed by atoms with Gasteiger partial charge in [-0.3, -0.25) is 0 Å². The third-order valence-electron chi connectivity index (χ3n) is 0.882. The zero-order chi connectivity index (χ0) is 5.98. The number of halogens is 1. The largest absolute Gasteiger partial charge is 0.228 e. The van der Waals surface area contributed by atoms with Crippen LogP contribution >= 0.6 is 0 Å². The van der Waals surface area contributed by atoms with E-state index in [1.54, 1.807) is 6.07 Å². The molecule has 0 aliphatic rings. The summed E-state index contributed by atoms with van der Waals surface area (Å²) in [6.45, 7) is 0. The number of hydrogen-bond acceptors (Lipinski definition) is 1. The van der Waals surface area contributed by atoms with Crippen molar-refractivity contribution in [3.8, 4) is 0 Å². The quantitative estimate of drug-likeness (QED) is 0.322. The molecule has 0 radical (unpaired) electrons. The molecule has 40 valence electrons. The number of rotatable bonds is 0. The van der Waals surface area contributed by atoms with E-state index in [1.165, 1.54) is 12.3 Å². The minimum atomic E-state index is -0.412. The molecule has 0 atom stereocenters. The predicted octanol–water partition coefficient (Wildman–Crippen LogP) is -0.521. The van der Waals surface area contributed by atoms with Crippen LogP contribution in [0.25, 0.3) is 0 Å². The first-order valence-corrected chi connectivity index (χ1v) is 2.37. The highest BCUT2D eigenvalue weighted by atomic mass is 19.1. The van der Waals surface area contributed by atoms with E-state index in [2.05, 4.69) is 4.98 Å². The summed E-state index contributed by atoms with van der Waals surface area (Å²) in [6, 6.07) is 3.14. The summed E-state index contributed by atoms with van der Waals surface area (Å²) in [5, 5.41) is 0. The molecule has 0 saturated carbocycles. The van der Waals surface area contributed by atoms with Gasteiger partial charge in [-0.05, 0) is 12.1 Å². The second kappa shape index (κ2) is 1.94. The van der Waals surface area contributed by atoms with Crippen molar-refractivity contribution in [2.45, 2.75) is 0 Å². The fourth-order valence-corrected chi connectivity index (χ4v) is 0.499. The van der Waals surface area contributed by atoms with Crippen LogP contribution in [0.1, 0.15) is 0 Å². The number of pyridine rings is 1. The summed E-state index contributed by atoms with van der Waals surface area (Å²) < 4.78 is 12.1. The number of aromatic nitrogens is 1. The molecule has 1 aromatic rings. The number of hydrogen-bond donors (Lipinski definition) is 0. The predicted molar refractivity (Wildman–Crippen MR) is 32.4 cm³/mol. The van der Waals surface area contributed by atoms with Gasteiger partial charge in [0, 0.05) is 6.20 Å². The molecule has 0 N–H and O–H groups in total. The van der Waals surface area contributed by atoms with E-state index < -0.39 is 5.95 Å². The maximum atomic E-state index is 12.1. The lowest BCUT2D eigenvalue weighted by molar-refractivity contribution is 0.585. The lowest BCUT2D eigenvalue weighted by Gasteiger charge is -1.86. The topological polar surface area (TPSA) is 12.9 Å². The Bertz CT molecular complexity index is 172. The molecule has 0 saturated heterocycles. The fraction of sp³-hybridized carbons (Fsp3) is 0. The van der Waals surface area contributed by atoms with Gasteiger partial charge in [-0.15, -0.1) is 0 Å². The van der Waals surface area contributed by atoms with Gasteiger partial charge in [0.15, 0.2) is 0 Å². The normalized spacial score (nSPS) is 9.12. The van der Waals surface area contributed by atoms with Gasteiger partial charge in [0.1, 0.15) is 7.85 Å². The summed E-state index contributed by atoms with van der Waals surface area (Å²) in [7, 11) is 1.82. The first-order valence-electron chi connectivity index (χ1n) is 2.37. The van der Waals surface area contributed by atoms with Gasteiger partial charge in [0.25, 0.3) is 0 Å². The van der Waals surface area contributed by atoms with Crippen LogP contribution in [0.4, 0.5) is 4.39 Å². The van der Waals surface area contributed by atoms with E-state index >= 15 is 0 Å². The Morgan fingerprint density at radius 3 is 2.75 bits per heavy atom. The lowest BCUT2D eigenvalue weighted by Crippen LogP contribution is -2.02. The van der Waals surface area contributed by atoms with Gasteiger partial charge in [-0.2, -0.15) is 4.39 Å². The minimum absolute atomic E-state index is 0.412. The SMILES string of the molecule is Bc1ccnc(F)c1. The molecule has 0 aliphatic heterocycles. The fourth-order valence-electron chi connectivity index (χ4n) is 0.499. The summed E-state index contributed by atoms with van der Waals surface area (Å²) in [4.78, 5) is 3.37. The first-order chi connectivity index (χ1) is 3.79. The van der Waals surface area contributed by atoms with Gasteiger partial charge >= 0.3 is 0 Å². The standard InChI is InChI=1S/C5H5BFN/c6-4-1-2-8-5(7)3-4/h1-3H,6H2. The average Bonchev–Trinajstić information content (AvgIpc) is 1.64. The molecular weight excluding hydrogens is 104 g/mol. The van der Waals surface area contributed by atoms with Crippen LogP contribution in [0.2, 0.25) is 0 Å². The highest BCUT2D eigenvalue weighted by Crippen LogP contribution is 1.83. The highest BCUT2D eigenvalue weighted by molar-refractivity contribution is 6.32. The van der Waals surface area contributed by atoms with Gasteiger partial charge < -0.3 is 0 Å². The van der Waals surface area contributed by atoms with Gasteiger partial charge in [0.2, 0.25) is 5.95 Å². The molecule has 8 heavy (non-hydrogen) atoms. The van der Waals surface area contributed by atoms with Crippen LogP contribution < -0.4 is 5.46 Å². The monoisotopic (exact) mass is 109 g/mol. The summed E-state index contributed by atoms with van der Waals surface area (Å²) in [6.07, 6.45) is 1.45. The Hall–Kier alpha value is -0.855. The molecule has 1 aromatic heterocycles. The minimum Gasteiger partial charge on any atom is -0.228 e. The van der Waals surface area contributed by atoms with E-state index in [-0.39, 0.29) is 0 Å². The van der Waals surface area contributed by atoms with Crippen molar-refractivity contribution in [1.29, 1.82) is 0 Å². The molecular formula is C5H5BFN.